The van der Waals surface area contributed by atoms with Gasteiger partial charge in [-0.1, -0.05) is 30.3 Å². The van der Waals surface area contributed by atoms with Crippen LogP contribution in [-0.4, -0.2) is 15.4 Å². The van der Waals surface area contributed by atoms with Crippen LogP contribution in [0.5, 0.6) is 0 Å². The molecule has 4 aromatic rings. The van der Waals surface area contributed by atoms with Gasteiger partial charge in [0.15, 0.2) is 11.4 Å². The van der Waals surface area contributed by atoms with Gasteiger partial charge >= 0.3 is 0 Å². The molecule has 0 aliphatic rings. The fraction of sp³-hybridized carbons (Fsp3) is 0.0455. The second-order valence-electron chi connectivity index (χ2n) is 6.23. The summed E-state index contributed by atoms with van der Waals surface area (Å²) in [5.41, 5.74) is 4.70. The van der Waals surface area contributed by atoms with E-state index < -0.39 is 10.8 Å². The van der Waals surface area contributed by atoms with Crippen LogP contribution in [0.3, 0.4) is 0 Å². The van der Waals surface area contributed by atoms with Gasteiger partial charge in [-0.2, -0.15) is 0 Å². The Labute approximate surface area is 159 Å². The monoisotopic (exact) mass is 377 g/mol. The molecule has 5 heteroatoms. The van der Waals surface area contributed by atoms with Crippen molar-refractivity contribution in [1.29, 1.82) is 0 Å². The Balaban J connectivity index is 1.84. The lowest BCUT2D eigenvalue weighted by Crippen LogP contribution is -2.05. The Morgan fingerprint density at radius 1 is 0.815 bits per heavy atom. The molecule has 0 fully saturated rings. The second-order valence-corrected chi connectivity index (χ2v) is 7.61. The van der Waals surface area contributed by atoms with Gasteiger partial charge in [0.1, 0.15) is 5.82 Å². The Kier molecular flexibility index (Phi) is 4.69. The van der Waals surface area contributed by atoms with Crippen molar-refractivity contribution in [2.75, 3.05) is 6.26 Å². The lowest BCUT2D eigenvalue weighted by Gasteiger charge is -1.98. The maximum atomic E-state index is 13.4. The number of hydrogen-bond donors (Lipinski definition) is 1. The lowest BCUT2D eigenvalue weighted by atomic mass is 10.1. The number of aromatic amines is 2. The highest BCUT2D eigenvalue weighted by Gasteiger charge is 2.21. The fourth-order valence-electron chi connectivity index (χ4n) is 3.02. The quantitative estimate of drug-likeness (QED) is 0.550. The Bertz CT molecular complexity index is 1090. The Hall–Kier alpha value is -3.05. The van der Waals surface area contributed by atoms with Crippen molar-refractivity contribution < 1.29 is 13.6 Å². The van der Waals surface area contributed by atoms with Crippen LogP contribution in [0, 0.1) is 5.82 Å². The van der Waals surface area contributed by atoms with Crippen molar-refractivity contribution in [2.24, 2.45) is 0 Å². The topological polar surface area (TPSA) is 47.0 Å². The minimum Gasteiger partial charge on any atom is -0.255 e. The second kappa shape index (κ2) is 7.29. The van der Waals surface area contributed by atoms with Crippen LogP contribution < -0.4 is 4.98 Å². The number of benzene rings is 3. The van der Waals surface area contributed by atoms with Crippen molar-refractivity contribution in [1.82, 2.24) is 4.98 Å². The number of rotatable bonds is 4. The van der Waals surface area contributed by atoms with Crippen LogP contribution in [0.15, 0.2) is 83.8 Å². The van der Waals surface area contributed by atoms with E-state index in [1.165, 1.54) is 12.1 Å². The summed E-state index contributed by atoms with van der Waals surface area (Å²) in [7, 11) is -1.01. The summed E-state index contributed by atoms with van der Waals surface area (Å²) in [6.45, 7) is 0. The minimum atomic E-state index is -1.01. The van der Waals surface area contributed by atoms with Crippen molar-refractivity contribution in [3.05, 3.63) is 84.7 Å². The lowest BCUT2D eigenvalue weighted by molar-refractivity contribution is -0.349. The van der Waals surface area contributed by atoms with E-state index in [1.54, 1.807) is 18.4 Å². The number of H-pyrrole nitrogens is 2. The van der Waals surface area contributed by atoms with Gasteiger partial charge in [-0.25, -0.2) is 14.4 Å². The summed E-state index contributed by atoms with van der Waals surface area (Å²) in [5.74, 6) is 0.570. The molecule has 2 N–H and O–H groups in total. The normalized spacial score (nSPS) is 12.1. The average molecular weight is 377 g/mol. The molecule has 3 nitrogen and oxygen atoms in total. The third-order valence-electron chi connectivity index (χ3n) is 4.42. The Morgan fingerprint density at radius 3 is 2.07 bits per heavy atom. The molecule has 0 amide bonds. The van der Waals surface area contributed by atoms with Crippen molar-refractivity contribution in [3.8, 4) is 33.9 Å². The molecule has 0 saturated carbocycles. The van der Waals surface area contributed by atoms with Crippen molar-refractivity contribution in [2.45, 2.75) is 4.90 Å². The first kappa shape index (κ1) is 17.4. The zero-order chi connectivity index (χ0) is 18.8. The van der Waals surface area contributed by atoms with E-state index >= 15 is 0 Å². The average Bonchev–Trinajstić information content (AvgIpc) is 3.15. The van der Waals surface area contributed by atoms with Crippen molar-refractivity contribution in [3.63, 3.8) is 0 Å². The van der Waals surface area contributed by atoms with Gasteiger partial charge in [-0.05, 0) is 48.5 Å². The number of halogens is 1. The molecule has 0 saturated heterocycles. The molecule has 1 aromatic heterocycles. The van der Waals surface area contributed by atoms with Gasteiger partial charge in [0, 0.05) is 33.1 Å². The smallest absolute Gasteiger partial charge is 0.255 e. The first-order chi connectivity index (χ1) is 13.1. The van der Waals surface area contributed by atoms with Gasteiger partial charge in [-0.3, -0.25) is 4.21 Å². The predicted octanol–water partition coefficient (Wildman–Crippen LogP) is 4.71. The van der Waals surface area contributed by atoms with Gasteiger partial charge in [-0.15, -0.1) is 0 Å². The van der Waals surface area contributed by atoms with E-state index in [9.17, 15) is 8.60 Å². The van der Waals surface area contributed by atoms with E-state index in [4.69, 9.17) is 0 Å². The molecular formula is C22H18FN2OS+. The van der Waals surface area contributed by atoms with Gasteiger partial charge in [0.2, 0.25) is 0 Å². The molecule has 0 bridgehead atoms. The van der Waals surface area contributed by atoms with E-state index in [0.717, 1.165) is 38.8 Å². The first-order valence-electron chi connectivity index (χ1n) is 8.52. The summed E-state index contributed by atoms with van der Waals surface area (Å²) in [5, 5.41) is 0. The maximum Gasteiger partial charge on any atom is 0.285 e. The molecule has 134 valence electrons. The molecule has 1 atom stereocenters. The van der Waals surface area contributed by atoms with Crippen LogP contribution >= 0.6 is 0 Å². The van der Waals surface area contributed by atoms with Gasteiger partial charge < -0.3 is 0 Å². The summed E-state index contributed by atoms with van der Waals surface area (Å²) >= 11 is 0. The van der Waals surface area contributed by atoms with Crippen LogP contribution in [0.1, 0.15) is 0 Å². The number of nitrogens with one attached hydrogen (secondary N) is 2. The molecule has 0 aliphatic carbocycles. The summed E-state index contributed by atoms with van der Waals surface area (Å²) in [4.78, 5) is 7.66. The molecule has 3 aromatic carbocycles. The summed E-state index contributed by atoms with van der Waals surface area (Å²) in [6.07, 6.45) is 1.66. The zero-order valence-electron chi connectivity index (χ0n) is 14.7. The summed E-state index contributed by atoms with van der Waals surface area (Å²) in [6, 6.07) is 24.0. The molecule has 1 heterocycles. The number of aromatic nitrogens is 2. The van der Waals surface area contributed by atoms with Crippen LogP contribution in [0.25, 0.3) is 33.9 Å². The van der Waals surface area contributed by atoms with Crippen molar-refractivity contribution >= 4 is 10.8 Å². The molecule has 1 unspecified atom stereocenters. The highest BCUT2D eigenvalue weighted by Crippen LogP contribution is 2.30. The van der Waals surface area contributed by atoms with E-state index in [-0.39, 0.29) is 5.82 Å². The first-order valence-corrected chi connectivity index (χ1v) is 10.1. The molecular weight excluding hydrogens is 359 g/mol. The van der Waals surface area contributed by atoms with Crippen LogP contribution in [0.2, 0.25) is 0 Å². The van der Waals surface area contributed by atoms with E-state index in [1.807, 2.05) is 54.6 Å². The van der Waals surface area contributed by atoms with Gasteiger partial charge in [0.05, 0.1) is 5.56 Å². The molecule has 4 rings (SSSR count). The van der Waals surface area contributed by atoms with Crippen LogP contribution in [-0.2, 0) is 10.8 Å². The maximum absolute atomic E-state index is 13.4. The van der Waals surface area contributed by atoms with E-state index in [0.29, 0.717) is 0 Å². The van der Waals surface area contributed by atoms with E-state index in [2.05, 4.69) is 9.97 Å². The zero-order valence-corrected chi connectivity index (χ0v) is 15.5. The number of imidazole rings is 1. The summed E-state index contributed by atoms with van der Waals surface area (Å²) < 4.78 is 25.0. The standard InChI is InChI=1S/C22H17FN2OS/c1-27(26)19-13-9-17(10-14-19)22-24-20(15-5-3-2-4-6-15)21(25-22)16-7-11-18(23)12-8-16/h2-14H,1H3,(H,24,25)/p+1. The third-order valence-corrected chi connectivity index (χ3v) is 5.36. The Morgan fingerprint density at radius 2 is 1.44 bits per heavy atom. The van der Waals surface area contributed by atoms with Gasteiger partial charge in [0.25, 0.3) is 5.82 Å². The fourth-order valence-corrected chi connectivity index (χ4v) is 3.54. The van der Waals surface area contributed by atoms with Crippen LogP contribution in [0.4, 0.5) is 4.39 Å². The molecule has 0 aliphatic heterocycles. The molecule has 27 heavy (non-hydrogen) atoms. The molecule has 0 spiro atoms. The molecule has 0 radical (unpaired) electrons. The largest absolute Gasteiger partial charge is 0.285 e. The predicted molar refractivity (Wildman–Crippen MR) is 106 cm³/mol. The number of hydrogen-bond acceptors (Lipinski definition) is 1. The highest BCUT2D eigenvalue weighted by atomic mass is 32.2. The third kappa shape index (κ3) is 3.59. The highest BCUT2D eigenvalue weighted by molar-refractivity contribution is 7.84. The SMILES string of the molecule is CS(=O)c1ccc(-c2[nH]c(-c3ccc(F)cc3)c(-c3ccccc3)[nH+]2)cc1. The minimum absolute atomic E-state index is 0.265.